The number of carbonyl (C=O) groups excluding carboxylic acids is 2. The van der Waals surface area contributed by atoms with Crippen LogP contribution in [0.5, 0.6) is 0 Å². The number of rotatable bonds is 5. The van der Waals surface area contributed by atoms with Gasteiger partial charge in [-0.25, -0.2) is 0 Å². The number of hydrogen-bond acceptors (Lipinski definition) is 3. The highest BCUT2D eigenvalue weighted by molar-refractivity contribution is 8.00. The van der Waals surface area contributed by atoms with Crippen LogP contribution in [0.25, 0.3) is 0 Å². The summed E-state index contributed by atoms with van der Waals surface area (Å²) < 4.78 is 0. The minimum atomic E-state index is -0.201. The Morgan fingerprint density at radius 1 is 1.16 bits per heavy atom. The van der Waals surface area contributed by atoms with E-state index in [1.807, 2.05) is 43.8 Å². The van der Waals surface area contributed by atoms with Crippen molar-refractivity contribution in [1.29, 1.82) is 0 Å². The zero-order valence-corrected chi connectivity index (χ0v) is 15.8. The van der Waals surface area contributed by atoms with E-state index in [4.69, 9.17) is 0 Å². The molecular weight excluding hydrogens is 332 g/mol. The maximum atomic E-state index is 12.7. The molecule has 25 heavy (non-hydrogen) atoms. The predicted molar refractivity (Wildman–Crippen MR) is 103 cm³/mol. The average molecular weight is 356 g/mol. The quantitative estimate of drug-likeness (QED) is 0.731. The van der Waals surface area contributed by atoms with Crippen molar-refractivity contribution in [3.63, 3.8) is 0 Å². The second-order valence-electron chi connectivity index (χ2n) is 6.66. The molecule has 1 saturated carbocycles. The van der Waals surface area contributed by atoms with Gasteiger partial charge in [-0.15, -0.1) is 11.8 Å². The largest absolute Gasteiger partial charge is 0.354 e. The summed E-state index contributed by atoms with van der Waals surface area (Å²) in [4.78, 5) is 28.7. The highest BCUT2D eigenvalue weighted by atomic mass is 32.2. The van der Waals surface area contributed by atoms with Crippen LogP contribution in [0.15, 0.2) is 29.2 Å². The van der Waals surface area contributed by atoms with E-state index in [-0.39, 0.29) is 11.7 Å². The van der Waals surface area contributed by atoms with Gasteiger partial charge in [0, 0.05) is 21.4 Å². The van der Waals surface area contributed by atoms with E-state index in [0.717, 1.165) is 16.3 Å². The number of carbonyl (C=O) groups is 2. The zero-order valence-electron chi connectivity index (χ0n) is 14.9. The Hall–Kier alpha value is -2.01. The van der Waals surface area contributed by atoms with Crippen molar-refractivity contribution in [2.24, 2.45) is 0 Å². The molecule has 1 heterocycles. The third-order valence-corrected chi connectivity index (χ3v) is 6.16. The number of nitrogens with one attached hydrogen (secondary N) is 2. The molecule has 2 N–H and O–H groups in total. The van der Waals surface area contributed by atoms with Gasteiger partial charge in [-0.2, -0.15) is 0 Å². The maximum absolute atomic E-state index is 12.7. The Morgan fingerprint density at radius 2 is 1.84 bits per heavy atom. The standard InChI is InChI=1S/C20H24N2O2S/c1-12-18(14(3)23)13(2)21-19(12)20(24)22-16-10-6-7-11-17(16)25-15-8-4-5-9-15/h6-7,10-11,15,21H,4-5,8-9H2,1-3H3,(H,22,24). The molecule has 1 aliphatic rings. The van der Waals surface area contributed by atoms with Gasteiger partial charge in [0.1, 0.15) is 5.69 Å². The normalized spacial score (nSPS) is 14.7. The minimum absolute atomic E-state index is 0.0255. The van der Waals surface area contributed by atoms with Crippen LogP contribution in [-0.4, -0.2) is 21.9 Å². The average Bonchev–Trinajstić information content (AvgIpc) is 3.17. The van der Waals surface area contributed by atoms with Crippen LogP contribution < -0.4 is 5.32 Å². The van der Waals surface area contributed by atoms with E-state index in [1.165, 1.54) is 32.6 Å². The van der Waals surface area contributed by atoms with Crippen molar-refractivity contribution in [1.82, 2.24) is 4.98 Å². The number of aryl methyl sites for hydroxylation is 1. The number of anilines is 1. The van der Waals surface area contributed by atoms with Gasteiger partial charge in [-0.1, -0.05) is 25.0 Å². The van der Waals surface area contributed by atoms with E-state index < -0.39 is 0 Å². The number of aromatic amines is 1. The lowest BCUT2D eigenvalue weighted by molar-refractivity contribution is 0.101. The molecule has 0 unspecified atom stereocenters. The van der Waals surface area contributed by atoms with Crippen LogP contribution in [0.3, 0.4) is 0 Å². The van der Waals surface area contributed by atoms with Crippen LogP contribution in [0, 0.1) is 13.8 Å². The van der Waals surface area contributed by atoms with Gasteiger partial charge in [0.2, 0.25) is 0 Å². The molecule has 0 bridgehead atoms. The fraction of sp³-hybridized carbons (Fsp3) is 0.400. The number of ketones is 1. The summed E-state index contributed by atoms with van der Waals surface area (Å²) >= 11 is 1.85. The number of aromatic nitrogens is 1. The summed E-state index contributed by atoms with van der Waals surface area (Å²) in [7, 11) is 0. The molecule has 132 valence electrons. The van der Waals surface area contributed by atoms with Crippen LogP contribution in [0.2, 0.25) is 0 Å². The molecule has 0 aliphatic heterocycles. The Labute approximate surface area is 152 Å². The highest BCUT2D eigenvalue weighted by Gasteiger charge is 2.22. The van der Waals surface area contributed by atoms with Crippen molar-refractivity contribution >= 4 is 29.1 Å². The number of benzene rings is 1. The lowest BCUT2D eigenvalue weighted by atomic mass is 10.1. The first kappa shape index (κ1) is 17.8. The molecule has 1 aromatic heterocycles. The number of H-pyrrole nitrogens is 1. The Morgan fingerprint density at radius 3 is 2.48 bits per heavy atom. The lowest BCUT2D eigenvalue weighted by Gasteiger charge is -2.14. The molecule has 5 heteroatoms. The van der Waals surface area contributed by atoms with Gasteiger partial charge in [0.25, 0.3) is 5.91 Å². The third-order valence-electron chi connectivity index (χ3n) is 4.75. The van der Waals surface area contributed by atoms with Gasteiger partial charge < -0.3 is 10.3 Å². The molecule has 1 aliphatic carbocycles. The van der Waals surface area contributed by atoms with E-state index in [9.17, 15) is 9.59 Å². The Kier molecular flexibility index (Phi) is 5.33. The Balaban J connectivity index is 1.82. The van der Waals surface area contributed by atoms with E-state index in [0.29, 0.717) is 22.1 Å². The number of hydrogen-bond donors (Lipinski definition) is 2. The summed E-state index contributed by atoms with van der Waals surface area (Å²) in [6, 6.07) is 7.94. The van der Waals surface area contributed by atoms with Gasteiger partial charge in [0.05, 0.1) is 5.69 Å². The molecule has 2 aromatic rings. The van der Waals surface area contributed by atoms with Crippen LogP contribution in [0.4, 0.5) is 5.69 Å². The van der Waals surface area contributed by atoms with Gasteiger partial charge in [-0.05, 0) is 51.3 Å². The number of thioether (sulfide) groups is 1. The molecule has 1 aromatic carbocycles. The molecule has 0 atom stereocenters. The summed E-state index contributed by atoms with van der Waals surface area (Å²) in [5.74, 6) is -0.227. The van der Waals surface area contributed by atoms with Crippen molar-refractivity contribution in [2.75, 3.05) is 5.32 Å². The summed E-state index contributed by atoms with van der Waals surface area (Å²) in [6.07, 6.45) is 5.07. The van der Waals surface area contributed by atoms with Crippen molar-refractivity contribution in [3.8, 4) is 0 Å². The molecule has 0 radical (unpaired) electrons. The lowest BCUT2D eigenvalue weighted by Crippen LogP contribution is -2.14. The summed E-state index contributed by atoms with van der Waals surface area (Å²) in [6.45, 7) is 5.16. The smallest absolute Gasteiger partial charge is 0.272 e. The molecule has 0 spiro atoms. The van der Waals surface area contributed by atoms with Crippen LogP contribution >= 0.6 is 11.8 Å². The monoisotopic (exact) mass is 356 g/mol. The molecule has 4 nitrogen and oxygen atoms in total. The maximum Gasteiger partial charge on any atom is 0.272 e. The number of Topliss-reactive ketones (excluding diaryl/α,β-unsaturated/α-hetero) is 1. The zero-order chi connectivity index (χ0) is 18.0. The summed E-state index contributed by atoms with van der Waals surface area (Å²) in [5.41, 5.74) is 3.36. The van der Waals surface area contributed by atoms with E-state index >= 15 is 0 Å². The Bertz CT molecular complexity index is 804. The van der Waals surface area contributed by atoms with Crippen LogP contribution in [-0.2, 0) is 0 Å². The molecule has 3 rings (SSSR count). The van der Waals surface area contributed by atoms with Crippen molar-refractivity contribution in [2.45, 2.75) is 56.6 Å². The number of amides is 1. The first-order valence-corrected chi connectivity index (χ1v) is 9.62. The van der Waals surface area contributed by atoms with E-state index in [2.05, 4.69) is 16.4 Å². The fourth-order valence-electron chi connectivity index (χ4n) is 3.55. The topological polar surface area (TPSA) is 62.0 Å². The second-order valence-corrected chi connectivity index (χ2v) is 8.00. The van der Waals surface area contributed by atoms with Gasteiger partial charge in [-0.3, -0.25) is 9.59 Å². The first-order valence-electron chi connectivity index (χ1n) is 8.74. The molecule has 1 amide bonds. The second kappa shape index (κ2) is 7.48. The highest BCUT2D eigenvalue weighted by Crippen LogP contribution is 2.38. The van der Waals surface area contributed by atoms with Crippen LogP contribution in [0.1, 0.15) is 64.7 Å². The summed E-state index contributed by atoms with van der Waals surface area (Å²) in [5, 5.41) is 3.65. The fourth-order valence-corrected chi connectivity index (χ4v) is 4.88. The molecule has 0 saturated heterocycles. The SMILES string of the molecule is CC(=O)c1c(C)[nH]c(C(=O)Nc2ccccc2SC2CCCC2)c1C. The third kappa shape index (κ3) is 3.82. The van der Waals surface area contributed by atoms with Gasteiger partial charge in [0.15, 0.2) is 5.78 Å². The minimum Gasteiger partial charge on any atom is -0.354 e. The number of para-hydroxylation sites is 1. The first-order chi connectivity index (χ1) is 12.0. The molecule has 1 fully saturated rings. The predicted octanol–water partition coefficient (Wildman–Crippen LogP) is 5.12. The van der Waals surface area contributed by atoms with Crippen molar-refractivity contribution < 1.29 is 9.59 Å². The van der Waals surface area contributed by atoms with Crippen molar-refractivity contribution in [3.05, 3.63) is 46.8 Å². The van der Waals surface area contributed by atoms with Gasteiger partial charge >= 0.3 is 0 Å². The van der Waals surface area contributed by atoms with E-state index in [1.54, 1.807) is 0 Å². The molecular formula is C20H24N2O2S.